The number of nitrogens with one attached hydrogen (secondary N) is 2. The molecule has 50 heavy (non-hydrogen) atoms. The number of hydrogen-bond donors (Lipinski definition) is 2. The van der Waals surface area contributed by atoms with Crippen molar-refractivity contribution in [1.82, 2.24) is 10.6 Å². The molecule has 0 aromatic heterocycles. The average Bonchev–Trinajstić information content (AvgIpc) is 3.14. The van der Waals surface area contributed by atoms with Gasteiger partial charge in [0, 0.05) is 61.5 Å². The van der Waals surface area contributed by atoms with Gasteiger partial charge in [0.15, 0.2) is 0 Å². The molecule has 8 heteroatoms. The minimum Gasteiger partial charge on any atom is -0.359 e. The van der Waals surface area contributed by atoms with E-state index in [1.165, 1.54) is 0 Å². The molecule has 6 rings (SSSR count). The number of fused-ring (bicyclic) bond motifs is 4. The molecule has 0 atom stereocenters. The van der Waals surface area contributed by atoms with Gasteiger partial charge >= 0.3 is 0 Å². The first kappa shape index (κ1) is 35.2. The molecule has 4 amide bonds. The third kappa shape index (κ3) is 9.06. The van der Waals surface area contributed by atoms with Gasteiger partial charge < -0.3 is 20.4 Å². The third-order valence-corrected chi connectivity index (χ3v) is 8.33. The summed E-state index contributed by atoms with van der Waals surface area (Å²) in [7, 11) is 1.57. The molecule has 0 spiro atoms. The second kappa shape index (κ2) is 17.3. The van der Waals surface area contributed by atoms with Crippen LogP contribution in [-0.2, 0) is 32.3 Å². The van der Waals surface area contributed by atoms with Crippen LogP contribution in [0, 0.1) is 23.7 Å². The number of carbonyl (C=O) groups excluding carboxylic acids is 4. The molecule has 2 aliphatic rings. The lowest BCUT2D eigenvalue weighted by molar-refractivity contribution is -0.125. The Morgan fingerprint density at radius 3 is 1.42 bits per heavy atom. The molecule has 0 radical (unpaired) electrons. The highest BCUT2D eigenvalue weighted by Gasteiger charge is 2.23. The molecule has 2 aliphatic heterocycles. The molecule has 0 saturated carbocycles. The Bertz CT molecular complexity index is 2010. The first-order valence-electron chi connectivity index (χ1n) is 16.8. The first-order chi connectivity index (χ1) is 24.4. The molecule has 0 saturated heterocycles. The fraction of sp³-hybridized carbons (Fsp3) is 0.238. The largest absolute Gasteiger partial charge is 0.359 e. The Morgan fingerprint density at radius 1 is 0.560 bits per heavy atom. The predicted octanol–water partition coefficient (Wildman–Crippen LogP) is 5.70. The maximum atomic E-state index is 12.9. The second-order valence-corrected chi connectivity index (χ2v) is 11.8. The summed E-state index contributed by atoms with van der Waals surface area (Å²) in [5.74, 6) is 12.4. The monoisotopic (exact) mass is 664 g/mol. The third-order valence-electron chi connectivity index (χ3n) is 8.33. The van der Waals surface area contributed by atoms with Crippen molar-refractivity contribution in [2.24, 2.45) is 0 Å². The summed E-state index contributed by atoms with van der Waals surface area (Å²) in [5, 5.41) is 5.36. The number of carbonyl (C=O) groups is 4. The van der Waals surface area contributed by atoms with E-state index in [9.17, 15) is 19.2 Å². The van der Waals surface area contributed by atoms with Crippen molar-refractivity contribution in [2.45, 2.75) is 52.1 Å². The molecule has 0 aliphatic carbocycles. The highest BCUT2D eigenvalue weighted by atomic mass is 16.2. The van der Waals surface area contributed by atoms with E-state index in [1.807, 2.05) is 104 Å². The molecule has 0 fully saturated rings. The van der Waals surface area contributed by atoms with Gasteiger partial charge in [0.1, 0.15) is 0 Å². The average molecular weight is 665 g/mol. The van der Waals surface area contributed by atoms with Gasteiger partial charge in [0.2, 0.25) is 23.6 Å². The van der Waals surface area contributed by atoms with Gasteiger partial charge in [-0.05, 0) is 53.9 Å². The van der Waals surface area contributed by atoms with Gasteiger partial charge in [0.25, 0.3) is 0 Å². The van der Waals surface area contributed by atoms with Crippen LogP contribution in [0.25, 0.3) is 0 Å². The molecular formula is C42H40N4O4. The zero-order valence-electron chi connectivity index (χ0n) is 28.4. The van der Waals surface area contributed by atoms with Crippen molar-refractivity contribution >= 4 is 35.0 Å². The summed E-state index contributed by atoms with van der Waals surface area (Å²) in [4.78, 5) is 52.5. The summed E-state index contributed by atoms with van der Waals surface area (Å²) >= 11 is 0. The van der Waals surface area contributed by atoms with Crippen LogP contribution in [-0.4, -0.2) is 37.2 Å². The van der Waals surface area contributed by atoms with Gasteiger partial charge in [0.05, 0.1) is 24.5 Å². The van der Waals surface area contributed by atoms with E-state index in [4.69, 9.17) is 0 Å². The molecule has 0 bridgehead atoms. The minimum absolute atomic E-state index is 0.0670. The highest BCUT2D eigenvalue weighted by Crippen LogP contribution is 2.27. The Labute approximate surface area is 293 Å². The van der Waals surface area contributed by atoms with Gasteiger partial charge in [-0.1, -0.05) is 91.3 Å². The van der Waals surface area contributed by atoms with Crippen LogP contribution >= 0.6 is 0 Å². The van der Waals surface area contributed by atoms with Crippen molar-refractivity contribution in [1.29, 1.82) is 0 Å². The summed E-state index contributed by atoms with van der Waals surface area (Å²) in [5.41, 5.74) is 7.11. The molecular weight excluding hydrogens is 624 g/mol. The van der Waals surface area contributed by atoms with Crippen LogP contribution in [0.4, 0.5) is 11.4 Å². The Morgan fingerprint density at radius 2 is 0.960 bits per heavy atom. The fourth-order valence-electron chi connectivity index (χ4n) is 5.60. The van der Waals surface area contributed by atoms with E-state index in [0.29, 0.717) is 19.6 Å². The number of benzene rings is 4. The zero-order chi connectivity index (χ0) is 35.3. The van der Waals surface area contributed by atoms with Crippen LogP contribution < -0.4 is 20.4 Å². The molecule has 2 heterocycles. The molecule has 2 N–H and O–H groups in total. The maximum Gasteiger partial charge on any atom is 0.227 e. The normalized spacial score (nSPS) is 12.0. The Balaban J connectivity index is 0.000000195. The lowest BCUT2D eigenvalue weighted by atomic mass is 10.0. The van der Waals surface area contributed by atoms with Gasteiger partial charge in [-0.25, -0.2) is 0 Å². The van der Waals surface area contributed by atoms with Crippen LogP contribution in [0.15, 0.2) is 97.1 Å². The number of rotatable bonds is 8. The van der Waals surface area contributed by atoms with Gasteiger partial charge in [-0.3, -0.25) is 19.2 Å². The lowest BCUT2D eigenvalue weighted by Gasteiger charge is -2.26. The van der Waals surface area contributed by atoms with Crippen molar-refractivity contribution in [3.63, 3.8) is 0 Å². The molecule has 8 nitrogen and oxygen atoms in total. The topological polar surface area (TPSA) is 98.8 Å². The smallest absolute Gasteiger partial charge is 0.227 e. The van der Waals surface area contributed by atoms with E-state index in [-0.39, 0.29) is 49.3 Å². The highest BCUT2D eigenvalue weighted by molar-refractivity contribution is 5.97. The Hall–Kier alpha value is -6.12. The van der Waals surface area contributed by atoms with Crippen molar-refractivity contribution < 1.29 is 19.2 Å². The van der Waals surface area contributed by atoms with E-state index >= 15 is 0 Å². The summed E-state index contributed by atoms with van der Waals surface area (Å²) in [6.45, 7) is 3.55. The second-order valence-electron chi connectivity index (χ2n) is 11.8. The fourth-order valence-corrected chi connectivity index (χ4v) is 5.60. The number of hydrogen-bond acceptors (Lipinski definition) is 4. The summed E-state index contributed by atoms with van der Waals surface area (Å²) in [6.07, 6.45) is 1.61. The summed E-state index contributed by atoms with van der Waals surface area (Å²) < 4.78 is 0. The van der Waals surface area contributed by atoms with Crippen molar-refractivity contribution in [3.05, 3.63) is 130 Å². The summed E-state index contributed by atoms with van der Waals surface area (Å²) in [6, 6.07) is 31.0. The van der Waals surface area contributed by atoms with E-state index in [1.54, 1.807) is 16.8 Å². The number of para-hydroxylation sites is 2. The lowest BCUT2D eigenvalue weighted by Crippen LogP contribution is -2.33. The van der Waals surface area contributed by atoms with Gasteiger partial charge in [-0.2, -0.15) is 0 Å². The number of anilines is 2. The number of nitrogens with zero attached hydrogens (tertiary/aromatic N) is 2. The SMILES string of the molecule is CCCNC(=O)CCC(=O)N1Cc2ccccc2C#Cc2ccccc21.CNC(=O)CCC(=O)N1Cc2ccccc2C#Cc2ccccc21. The molecule has 0 unspecified atom stereocenters. The van der Waals surface area contributed by atoms with Crippen LogP contribution in [0.3, 0.4) is 0 Å². The molecule has 4 aromatic carbocycles. The number of amides is 4. The molecule has 252 valence electrons. The maximum absolute atomic E-state index is 12.9. The van der Waals surface area contributed by atoms with Crippen molar-refractivity contribution in [3.8, 4) is 23.7 Å². The van der Waals surface area contributed by atoms with Crippen LogP contribution in [0.5, 0.6) is 0 Å². The first-order valence-corrected chi connectivity index (χ1v) is 16.8. The standard InChI is InChI=1S/C22H22N2O2.C20H18N2O2/c1-2-15-23-21(25)13-14-22(26)24-16-19-9-4-3-7-17(19)11-12-18-8-5-6-10-20(18)24;1-21-19(23)12-13-20(24)22-14-17-8-3-2-6-15(17)10-11-16-7-4-5-9-18(16)22/h3-10H,2,13-16H2,1H3,(H,23,25);2-9H,12-14H2,1H3,(H,21,23). The predicted molar refractivity (Wildman–Crippen MR) is 196 cm³/mol. The van der Waals surface area contributed by atoms with Gasteiger partial charge in [-0.15, -0.1) is 0 Å². The Kier molecular flexibility index (Phi) is 12.2. The van der Waals surface area contributed by atoms with Crippen LogP contribution in [0.1, 0.15) is 72.4 Å². The minimum atomic E-state index is -0.135. The molecule has 4 aromatic rings. The van der Waals surface area contributed by atoms with E-state index in [2.05, 4.69) is 34.3 Å². The van der Waals surface area contributed by atoms with Crippen molar-refractivity contribution in [2.75, 3.05) is 23.4 Å². The zero-order valence-corrected chi connectivity index (χ0v) is 28.4. The van der Waals surface area contributed by atoms with E-state index in [0.717, 1.165) is 51.2 Å². The van der Waals surface area contributed by atoms with Crippen LogP contribution in [0.2, 0.25) is 0 Å². The van der Waals surface area contributed by atoms with E-state index < -0.39 is 0 Å². The quantitative estimate of drug-likeness (QED) is 0.236.